The number of rotatable bonds is 35. The van der Waals surface area contributed by atoms with Gasteiger partial charge >= 0.3 is 51.4 Å². The molecule has 1 atom stereocenters. The fraction of sp³-hybridized carbons (Fsp3) is 1.00. The molecule has 4 nitrogen and oxygen atoms in total. The van der Waals surface area contributed by atoms with Crippen molar-refractivity contribution in [2.24, 2.45) is 5.92 Å². The van der Waals surface area contributed by atoms with E-state index in [0.717, 1.165) is 25.7 Å². The molecule has 248 valence electrons. The molecule has 0 amide bonds. The minimum Gasteiger partial charge on any atom is -0.726 e. The van der Waals surface area contributed by atoms with Crippen LogP contribution in [0.5, 0.6) is 0 Å². The first-order valence-corrected chi connectivity index (χ1v) is 19.9. The summed E-state index contributed by atoms with van der Waals surface area (Å²) in [4.78, 5) is 0. The summed E-state index contributed by atoms with van der Waals surface area (Å²) in [6, 6.07) is 0. The van der Waals surface area contributed by atoms with Crippen LogP contribution in [0.1, 0.15) is 219 Å². The Kier molecular flexibility index (Phi) is 40.2. The van der Waals surface area contributed by atoms with Crippen LogP contribution >= 0.6 is 0 Å². The van der Waals surface area contributed by atoms with Gasteiger partial charge in [0.15, 0.2) is 0 Å². The Morgan fingerprint density at radius 2 is 0.643 bits per heavy atom. The van der Waals surface area contributed by atoms with Crippen LogP contribution in [0.2, 0.25) is 0 Å². The fourth-order valence-corrected chi connectivity index (χ4v) is 6.46. The Hall–Kier alpha value is 1.51. The molecule has 1 unspecified atom stereocenters. The molecule has 0 radical (unpaired) electrons. The Balaban J connectivity index is 0. The molecule has 0 aliphatic carbocycles. The maximum Gasteiger partial charge on any atom is 1.00 e. The van der Waals surface area contributed by atoms with Gasteiger partial charge in [-0.1, -0.05) is 206 Å². The second-order valence-electron chi connectivity index (χ2n) is 13.0. The van der Waals surface area contributed by atoms with Crippen LogP contribution in [0.3, 0.4) is 0 Å². The van der Waals surface area contributed by atoms with Crippen LogP contribution in [0.15, 0.2) is 0 Å². The van der Waals surface area contributed by atoms with Gasteiger partial charge in [-0.3, -0.25) is 4.18 Å². The van der Waals surface area contributed by atoms with E-state index in [4.69, 9.17) is 0 Å². The molecule has 0 aromatic rings. The number of unbranched alkanes of at least 4 members (excludes halogenated alkanes) is 28. The molecule has 0 saturated heterocycles. The van der Waals surface area contributed by atoms with Gasteiger partial charge in [0.2, 0.25) is 10.4 Å². The summed E-state index contributed by atoms with van der Waals surface area (Å²) >= 11 is 0. The van der Waals surface area contributed by atoms with Crippen molar-refractivity contribution in [3.05, 3.63) is 0 Å². The minimum absolute atomic E-state index is 0. The van der Waals surface area contributed by atoms with Crippen molar-refractivity contribution in [3.8, 4) is 0 Å². The van der Waals surface area contributed by atoms with Crippen molar-refractivity contribution in [2.75, 3.05) is 6.61 Å². The Labute approximate surface area is 307 Å². The molecule has 0 aliphatic heterocycles. The Morgan fingerprint density at radius 3 is 0.857 bits per heavy atom. The largest absolute Gasteiger partial charge is 1.00 e. The van der Waals surface area contributed by atoms with Gasteiger partial charge in [-0.05, 0) is 18.8 Å². The maximum absolute atomic E-state index is 11.0. The molecule has 0 heterocycles. The monoisotopic (exact) mass is 640 g/mol. The van der Waals surface area contributed by atoms with E-state index < -0.39 is 10.4 Å². The normalized spacial score (nSPS) is 12.5. The predicted molar refractivity (Wildman–Crippen MR) is 178 cm³/mol. The zero-order valence-electron chi connectivity index (χ0n) is 29.0. The Morgan fingerprint density at radius 1 is 0.429 bits per heavy atom. The molecule has 0 aliphatic rings. The molecule has 0 N–H and O–H groups in total. The number of hydrogen-bond donors (Lipinski definition) is 0. The van der Waals surface area contributed by atoms with E-state index >= 15 is 0 Å². The summed E-state index contributed by atoms with van der Waals surface area (Å²) in [7, 11) is -4.59. The third kappa shape index (κ3) is 39.5. The second kappa shape index (κ2) is 37.0. The average molecular weight is 641 g/mol. The van der Waals surface area contributed by atoms with Crippen molar-refractivity contribution >= 4 is 10.4 Å². The summed E-state index contributed by atoms with van der Waals surface area (Å²) in [6.45, 7) is 4.63. The maximum atomic E-state index is 11.0. The van der Waals surface area contributed by atoms with Crippen LogP contribution < -0.4 is 51.4 Å². The van der Waals surface area contributed by atoms with Gasteiger partial charge in [0, 0.05) is 0 Å². The van der Waals surface area contributed by atoms with Gasteiger partial charge in [-0.25, -0.2) is 8.42 Å². The van der Waals surface area contributed by atoms with E-state index in [0.29, 0.717) is 0 Å². The van der Waals surface area contributed by atoms with Crippen LogP contribution in [0.4, 0.5) is 0 Å². The molecule has 0 aromatic heterocycles. The van der Waals surface area contributed by atoms with Gasteiger partial charge in [-0.15, -0.1) is 0 Å². The summed E-state index contributed by atoms with van der Waals surface area (Å²) in [5, 5.41) is 0. The average Bonchev–Trinajstić information content (AvgIpc) is 2.94. The minimum atomic E-state index is -4.59. The SMILES string of the molecule is CCCCCCCCCCCCCCCCCCCC(CCCCCCCCCCCCCCC)COS(=O)(=O)[O-].[K+]. The molecule has 0 spiro atoms. The summed E-state index contributed by atoms with van der Waals surface area (Å²) in [5.74, 6) is 0.197. The molecule has 42 heavy (non-hydrogen) atoms. The topological polar surface area (TPSA) is 66.4 Å². The van der Waals surface area contributed by atoms with Crippen molar-refractivity contribution in [1.29, 1.82) is 0 Å². The van der Waals surface area contributed by atoms with E-state index in [2.05, 4.69) is 18.0 Å². The van der Waals surface area contributed by atoms with E-state index in [1.807, 2.05) is 0 Å². The molecule has 0 saturated carbocycles. The van der Waals surface area contributed by atoms with Gasteiger partial charge in [0.25, 0.3) is 0 Å². The smallest absolute Gasteiger partial charge is 0.726 e. The molecule has 0 bridgehead atoms. The zero-order chi connectivity index (χ0) is 30.1. The van der Waals surface area contributed by atoms with Crippen LogP contribution in [0.25, 0.3) is 0 Å². The van der Waals surface area contributed by atoms with Crippen molar-refractivity contribution in [2.45, 2.75) is 219 Å². The first-order chi connectivity index (χ1) is 20.0. The van der Waals surface area contributed by atoms with Crippen molar-refractivity contribution < 1.29 is 68.5 Å². The molecular formula is C36H73KO4S. The summed E-state index contributed by atoms with van der Waals surface area (Å²) < 4.78 is 37.6. The van der Waals surface area contributed by atoms with E-state index in [9.17, 15) is 13.0 Å². The first-order valence-electron chi connectivity index (χ1n) is 18.6. The molecule has 0 fully saturated rings. The fourth-order valence-electron chi connectivity index (χ4n) is 6.10. The van der Waals surface area contributed by atoms with Gasteiger partial charge < -0.3 is 4.55 Å². The molecule has 6 heteroatoms. The van der Waals surface area contributed by atoms with Crippen LogP contribution in [-0.4, -0.2) is 19.6 Å². The third-order valence-corrected chi connectivity index (χ3v) is 9.30. The third-order valence-electron chi connectivity index (χ3n) is 8.88. The van der Waals surface area contributed by atoms with Gasteiger partial charge in [-0.2, -0.15) is 0 Å². The Bertz CT molecular complexity index is 599. The van der Waals surface area contributed by atoms with Gasteiger partial charge in [0.1, 0.15) is 0 Å². The van der Waals surface area contributed by atoms with E-state index in [-0.39, 0.29) is 63.9 Å². The summed E-state index contributed by atoms with van der Waals surface area (Å²) in [6.07, 6.45) is 42.4. The zero-order valence-corrected chi connectivity index (χ0v) is 32.9. The molecule has 0 aromatic carbocycles. The summed E-state index contributed by atoms with van der Waals surface area (Å²) in [5.41, 5.74) is 0. The van der Waals surface area contributed by atoms with Crippen LogP contribution in [0, 0.1) is 5.92 Å². The van der Waals surface area contributed by atoms with Crippen LogP contribution in [-0.2, 0) is 14.6 Å². The van der Waals surface area contributed by atoms with E-state index in [1.165, 1.54) is 180 Å². The standard InChI is InChI=1S/C36H74O4S.K/c1-3-5-7-9-11-13-15-17-18-19-20-22-24-26-28-30-32-34-36(35-40-41(37,38)39)33-31-29-27-25-23-21-16-14-12-10-8-6-4-2;/h36H,3-35H2,1-2H3,(H,37,38,39);/q;+1/p-1. The van der Waals surface area contributed by atoms with Gasteiger partial charge in [0.05, 0.1) is 6.61 Å². The first kappa shape index (κ1) is 45.6. The number of hydrogen-bond acceptors (Lipinski definition) is 4. The van der Waals surface area contributed by atoms with Crippen molar-refractivity contribution in [3.63, 3.8) is 0 Å². The second-order valence-corrected chi connectivity index (χ2v) is 14.1. The van der Waals surface area contributed by atoms with E-state index in [1.54, 1.807) is 0 Å². The molecule has 0 rings (SSSR count). The van der Waals surface area contributed by atoms with Crippen molar-refractivity contribution in [1.82, 2.24) is 0 Å². The predicted octanol–water partition coefficient (Wildman–Crippen LogP) is 9.61. The quantitative estimate of drug-likeness (QED) is 0.0299. The molecular weight excluding hydrogens is 568 g/mol.